The van der Waals surface area contributed by atoms with Crippen LogP contribution in [0.15, 0.2) is 0 Å². The highest BCUT2D eigenvalue weighted by Gasteiger charge is 2.54. The molecule has 5 heteroatoms. The lowest BCUT2D eigenvalue weighted by atomic mass is 10.3. The van der Waals surface area contributed by atoms with Crippen molar-refractivity contribution in [1.82, 2.24) is 0 Å². The third-order valence-corrected chi connectivity index (χ3v) is 4.87. The molecule has 0 amide bonds. The fourth-order valence-electron chi connectivity index (χ4n) is 1.10. The Morgan fingerprint density at radius 2 is 2.08 bits per heavy atom. The molecule has 78 valence electrons. The van der Waals surface area contributed by atoms with E-state index in [9.17, 15) is 8.42 Å². The topological polar surface area (TPSA) is 43.4 Å². The molecule has 0 saturated heterocycles. The van der Waals surface area contributed by atoms with Crippen LogP contribution >= 0.6 is 10.7 Å². The Morgan fingerprint density at radius 1 is 1.46 bits per heavy atom. The standard InChI is InChI=1S/C8H15ClO3S/c1-2-3-6-12-7-8(4-5-8)13(9,10)11/h2-7H2,1H3. The van der Waals surface area contributed by atoms with Crippen molar-refractivity contribution in [3.8, 4) is 0 Å². The van der Waals surface area contributed by atoms with E-state index in [-0.39, 0.29) is 6.61 Å². The summed E-state index contributed by atoms with van der Waals surface area (Å²) >= 11 is 0. The zero-order valence-electron chi connectivity index (χ0n) is 7.75. The Kier molecular flexibility index (Phi) is 3.60. The first-order valence-corrected chi connectivity index (χ1v) is 6.85. The van der Waals surface area contributed by atoms with E-state index in [1.165, 1.54) is 0 Å². The fraction of sp³-hybridized carbons (Fsp3) is 1.00. The molecule has 0 aromatic rings. The van der Waals surface area contributed by atoms with Crippen LogP contribution in [0.3, 0.4) is 0 Å². The summed E-state index contributed by atoms with van der Waals surface area (Å²) in [5.41, 5.74) is 0. The first-order chi connectivity index (χ1) is 6.02. The highest BCUT2D eigenvalue weighted by Crippen LogP contribution is 2.45. The van der Waals surface area contributed by atoms with Crippen LogP contribution in [0.4, 0.5) is 0 Å². The molecule has 1 rings (SSSR count). The maximum Gasteiger partial charge on any atom is 0.240 e. The van der Waals surface area contributed by atoms with E-state index in [1.54, 1.807) is 0 Å². The second-order valence-corrected chi connectivity index (χ2v) is 6.49. The van der Waals surface area contributed by atoms with Gasteiger partial charge >= 0.3 is 0 Å². The van der Waals surface area contributed by atoms with Crippen molar-refractivity contribution in [2.75, 3.05) is 13.2 Å². The van der Waals surface area contributed by atoms with Crippen molar-refractivity contribution >= 4 is 19.7 Å². The summed E-state index contributed by atoms with van der Waals surface area (Å²) in [7, 11) is 1.86. The van der Waals surface area contributed by atoms with E-state index in [4.69, 9.17) is 15.4 Å². The molecule has 3 nitrogen and oxygen atoms in total. The molecule has 1 aliphatic rings. The SMILES string of the molecule is CCCCOCC1(S(=O)(=O)Cl)CC1. The van der Waals surface area contributed by atoms with Crippen LogP contribution in [-0.2, 0) is 13.8 Å². The van der Waals surface area contributed by atoms with Gasteiger partial charge in [-0.15, -0.1) is 0 Å². The Hall–Kier alpha value is 0.200. The Bertz CT molecular complexity index is 257. The molecule has 1 saturated carbocycles. The van der Waals surface area contributed by atoms with Gasteiger partial charge in [0.1, 0.15) is 4.75 Å². The van der Waals surface area contributed by atoms with Gasteiger partial charge in [0.25, 0.3) is 0 Å². The molecule has 0 bridgehead atoms. The molecule has 0 unspecified atom stereocenters. The predicted octanol–water partition coefficient (Wildman–Crippen LogP) is 1.90. The first kappa shape index (κ1) is 11.3. The van der Waals surface area contributed by atoms with E-state index in [0.717, 1.165) is 12.8 Å². The molecule has 0 aliphatic heterocycles. The van der Waals surface area contributed by atoms with E-state index in [0.29, 0.717) is 19.4 Å². The molecule has 0 atom stereocenters. The Labute approximate surface area is 83.8 Å². The lowest BCUT2D eigenvalue weighted by molar-refractivity contribution is 0.127. The van der Waals surface area contributed by atoms with E-state index >= 15 is 0 Å². The summed E-state index contributed by atoms with van der Waals surface area (Å²) in [6.45, 7) is 2.96. The summed E-state index contributed by atoms with van der Waals surface area (Å²) in [4.78, 5) is 0. The molecule has 0 radical (unpaired) electrons. The average molecular weight is 227 g/mol. The second kappa shape index (κ2) is 4.15. The zero-order chi connectivity index (χ0) is 9.95. The largest absolute Gasteiger partial charge is 0.380 e. The highest BCUT2D eigenvalue weighted by molar-refractivity contribution is 8.15. The van der Waals surface area contributed by atoms with Crippen LogP contribution in [0.25, 0.3) is 0 Å². The summed E-state index contributed by atoms with van der Waals surface area (Å²) in [5.74, 6) is 0. The summed E-state index contributed by atoms with van der Waals surface area (Å²) in [5, 5.41) is 0. The maximum absolute atomic E-state index is 11.1. The van der Waals surface area contributed by atoms with Gasteiger partial charge in [0.2, 0.25) is 9.05 Å². The van der Waals surface area contributed by atoms with E-state index < -0.39 is 13.8 Å². The zero-order valence-corrected chi connectivity index (χ0v) is 9.33. The minimum Gasteiger partial charge on any atom is -0.380 e. The van der Waals surface area contributed by atoms with Crippen LogP contribution in [0.5, 0.6) is 0 Å². The van der Waals surface area contributed by atoms with Gasteiger partial charge < -0.3 is 4.74 Å². The second-order valence-electron chi connectivity index (χ2n) is 3.53. The molecular weight excluding hydrogens is 212 g/mol. The third kappa shape index (κ3) is 2.82. The molecule has 1 aliphatic carbocycles. The maximum atomic E-state index is 11.1. The molecule has 0 N–H and O–H groups in total. The van der Waals surface area contributed by atoms with Crippen molar-refractivity contribution in [3.05, 3.63) is 0 Å². The highest BCUT2D eigenvalue weighted by atomic mass is 35.7. The minimum atomic E-state index is -3.43. The van der Waals surface area contributed by atoms with E-state index in [2.05, 4.69) is 6.92 Å². The number of hydrogen-bond acceptors (Lipinski definition) is 3. The lowest BCUT2D eigenvalue weighted by Gasteiger charge is -2.11. The van der Waals surface area contributed by atoms with Crippen LogP contribution < -0.4 is 0 Å². The van der Waals surface area contributed by atoms with Crippen LogP contribution in [-0.4, -0.2) is 26.4 Å². The van der Waals surface area contributed by atoms with Gasteiger partial charge in [-0.05, 0) is 19.3 Å². The quantitative estimate of drug-likeness (QED) is 0.513. The van der Waals surface area contributed by atoms with Gasteiger partial charge in [-0.25, -0.2) is 8.42 Å². The summed E-state index contributed by atoms with van der Waals surface area (Å²) in [6.07, 6.45) is 3.31. The van der Waals surface area contributed by atoms with Gasteiger partial charge in [-0.3, -0.25) is 0 Å². The van der Waals surface area contributed by atoms with Crippen molar-refractivity contribution in [3.63, 3.8) is 0 Å². The van der Waals surface area contributed by atoms with Crippen molar-refractivity contribution in [1.29, 1.82) is 0 Å². The third-order valence-electron chi connectivity index (χ3n) is 2.33. The van der Waals surface area contributed by atoms with Gasteiger partial charge in [-0.2, -0.15) is 0 Å². The molecule has 0 aromatic carbocycles. The van der Waals surface area contributed by atoms with E-state index in [1.807, 2.05) is 0 Å². The molecule has 13 heavy (non-hydrogen) atoms. The fourth-order valence-corrected chi connectivity index (χ4v) is 2.51. The minimum absolute atomic E-state index is 0.263. The molecule has 0 aromatic heterocycles. The number of hydrogen-bond donors (Lipinski definition) is 0. The first-order valence-electron chi connectivity index (χ1n) is 4.54. The Balaban J connectivity index is 2.29. The van der Waals surface area contributed by atoms with Gasteiger partial charge in [0.15, 0.2) is 0 Å². The van der Waals surface area contributed by atoms with Crippen molar-refractivity contribution < 1.29 is 13.2 Å². The van der Waals surface area contributed by atoms with Crippen LogP contribution in [0.2, 0.25) is 0 Å². The van der Waals surface area contributed by atoms with Gasteiger partial charge in [0.05, 0.1) is 6.61 Å². The normalized spacial score (nSPS) is 20.2. The number of unbranched alkanes of at least 4 members (excludes halogenated alkanes) is 1. The Morgan fingerprint density at radius 3 is 2.46 bits per heavy atom. The molecule has 0 spiro atoms. The van der Waals surface area contributed by atoms with Crippen LogP contribution in [0.1, 0.15) is 32.6 Å². The number of ether oxygens (including phenoxy) is 1. The lowest BCUT2D eigenvalue weighted by Crippen LogP contribution is -2.24. The average Bonchev–Trinajstić information content (AvgIpc) is 2.77. The molecule has 0 heterocycles. The van der Waals surface area contributed by atoms with Gasteiger partial charge in [0, 0.05) is 17.3 Å². The molecular formula is C8H15ClO3S. The predicted molar refractivity (Wildman–Crippen MR) is 52.5 cm³/mol. The number of rotatable bonds is 6. The van der Waals surface area contributed by atoms with Gasteiger partial charge in [-0.1, -0.05) is 13.3 Å². The van der Waals surface area contributed by atoms with Crippen molar-refractivity contribution in [2.24, 2.45) is 0 Å². The number of halogens is 1. The van der Waals surface area contributed by atoms with Crippen LogP contribution in [0, 0.1) is 0 Å². The summed E-state index contributed by atoms with van der Waals surface area (Å²) in [6, 6.07) is 0. The van der Waals surface area contributed by atoms with Crippen molar-refractivity contribution in [2.45, 2.75) is 37.4 Å². The smallest absolute Gasteiger partial charge is 0.240 e. The molecule has 1 fully saturated rings. The monoisotopic (exact) mass is 226 g/mol. The summed E-state index contributed by atoms with van der Waals surface area (Å²) < 4.78 is 26.6.